The highest BCUT2D eigenvalue weighted by Gasteiger charge is 2.15. The fraction of sp³-hybridized carbons (Fsp3) is 0.107. The van der Waals surface area contributed by atoms with Crippen molar-refractivity contribution in [2.45, 2.75) is 6.54 Å². The van der Waals surface area contributed by atoms with Crippen LogP contribution in [0.3, 0.4) is 0 Å². The van der Waals surface area contributed by atoms with E-state index in [1.54, 1.807) is 12.1 Å². The lowest BCUT2D eigenvalue weighted by Gasteiger charge is -2.10. The number of H-pyrrole nitrogens is 2. The summed E-state index contributed by atoms with van der Waals surface area (Å²) < 4.78 is 13.5. The number of rotatable bonds is 5. The maximum atomic E-state index is 13.5. The number of nitrogens with one attached hydrogen (secondary N) is 2. The van der Waals surface area contributed by atoms with Gasteiger partial charge in [-0.2, -0.15) is 5.10 Å². The van der Waals surface area contributed by atoms with Crippen LogP contribution in [0.15, 0.2) is 79.3 Å². The normalized spacial score (nSPS) is 11.7. The van der Waals surface area contributed by atoms with Gasteiger partial charge in [0, 0.05) is 52.6 Å². The van der Waals surface area contributed by atoms with Crippen molar-refractivity contribution in [1.82, 2.24) is 30.0 Å². The first-order chi connectivity index (χ1) is 17.0. The van der Waals surface area contributed by atoms with Crippen LogP contribution in [0.1, 0.15) is 5.56 Å². The molecular formula is C28H23FN6. The number of aromatic nitrogens is 5. The highest BCUT2D eigenvalue weighted by molar-refractivity contribution is 6.01. The Morgan fingerprint density at radius 2 is 1.69 bits per heavy atom. The van der Waals surface area contributed by atoms with E-state index in [2.05, 4.69) is 48.2 Å². The van der Waals surface area contributed by atoms with Crippen molar-refractivity contribution in [3.05, 3.63) is 90.6 Å². The standard InChI is InChI=1S/C28H23FN6/c1-35(2)16-17-10-19(14-30-13-17)20-11-24-27(33-34-28(24)31-15-20)26-12-23-22(4-3-5-25(23)32-26)18-6-8-21(29)9-7-18/h3-15,32H,16H2,1-2H3,(H,31,33,34). The summed E-state index contributed by atoms with van der Waals surface area (Å²) in [5.41, 5.74) is 8.57. The van der Waals surface area contributed by atoms with Gasteiger partial charge >= 0.3 is 0 Å². The molecule has 0 atom stereocenters. The van der Waals surface area contributed by atoms with Crippen molar-refractivity contribution in [3.8, 4) is 33.6 Å². The summed E-state index contributed by atoms with van der Waals surface area (Å²) in [5.74, 6) is -0.245. The summed E-state index contributed by atoms with van der Waals surface area (Å²) in [6, 6.07) is 19.0. The topological polar surface area (TPSA) is 73.5 Å². The molecule has 4 heterocycles. The van der Waals surface area contributed by atoms with Crippen LogP contribution in [0.2, 0.25) is 0 Å². The molecule has 0 spiro atoms. The van der Waals surface area contributed by atoms with Crippen molar-refractivity contribution in [1.29, 1.82) is 0 Å². The molecule has 0 bridgehead atoms. The Morgan fingerprint density at radius 3 is 2.51 bits per heavy atom. The van der Waals surface area contributed by atoms with Crippen LogP contribution in [0.4, 0.5) is 4.39 Å². The highest BCUT2D eigenvalue weighted by Crippen LogP contribution is 2.34. The van der Waals surface area contributed by atoms with Crippen molar-refractivity contribution in [3.63, 3.8) is 0 Å². The first-order valence-corrected chi connectivity index (χ1v) is 11.4. The largest absolute Gasteiger partial charge is 0.353 e. The zero-order valence-electron chi connectivity index (χ0n) is 19.4. The van der Waals surface area contributed by atoms with E-state index in [0.717, 1.165) is 62.0 Å². The predicted molar refractivity (Wildman–Crippen MR) is 137 cm³/mol. The third-order valence-electron chi connectivity index (χ3n) is 6.13. The Labute approximate surface area is 201 Å². The van der Waals surface area contributed by atoms with Gasteiger partial charge in [0.25, 0.3) is 0 Å². The Kier molecular flexibility index (Phi) is 5.12. The number of nitrogens with zero attached hydrogens (tertiary/aromatic N) is 4. The van der Waals surface area contributed by atoms with Gasteiger partial charge < -0.3 is 9.88 Å². The van der Waals surface area contributed by atoms with Crippen LogP contribution in [0, 0.1) is 5.82 Å². The molecular weight excluding hydrogens is 439 g/mol. The van der Waals surface area contributed by atoms with Crippen LogP contribution in [0.5, 0.6) is 0 Å². The van der Waals surface area contributed by atoms with Crippen molar-refractivity contribution >= 4 is 21.9 Å². The zero-order chi connectivity index (χ0) is 23.9. The maximum Gasteiger partial charge on any atom is 0.181 e. The second-order valence-electron chi connectivity index (χ2n) is 8.97. The average molecular weight is 463 g/mol. The minimum Gasteiger partial charge on any atom is -0.353 e. The summed E-state index contributed by atoms with van der Waals surface area (Å²) in [4.78, 5) is 14.6. The second-order valence-corrected chi connectivity index (χ2v) is 8.97. The molecule has 35 heavy (non-hydrogen) atoms. The van der Waals surface area contributed by atoms with Crippen molar-refractivity contribution in [2.24, 2.45) is 0 Å². The number of hydrogen-bond acceptors (Lipinski definition) is 4. The first-order valence-electron chi connectivity index (χ1n) is 11.4. The molecule has 2 aromatic carbocycles. The molecule has 0 radical (unpaired) electrons. The SMILES string of the molecule is CN(C)Cc1cncc(-c2cnc3n[nH]c(-c4cc5c(-c6ccc(F)cc6)cccc5[nH]4)c3c2)c1. The minimum atomic E-state index is -0.245. The van der Waals surface area contributed by atoms with Crippen LogP contribution in [-0.2, 0) is 6.54 Å². The zero-order valence-corrected chi connectivity index (χ0v) is 19.4. The van der Waals surface area contributed by atoms with Gasteiger partial charge in [-0.15, -0.1) is 0 Å². The molecule has 0 amide bonds. The number of aromatic amines is 2. The van der Waals surface area contributed by atoms with Crippen LogP contribution in [0.25, 0.3) is 55.6 Å². The molecule has 0 aliphatic carbocycles. The number of hydrogen-bond donors (Lipinski definition) is 2. The Bertz CT molecular complexity index is 1660. The molecule has 6 nitrogen and oxygen atoms in total. The van der Waals surface area contributed by atoms with Gasteiger partial charge in [-0.05, 0) is 67.2 Å². The van der Waals surface area contributed by atoms with Gasteiger partial charge in [-0.1, -0.05) is 24.3 Å². The maximum absolute atomic E-state index is 13.5. The first kappa shape index (κ1) is 21.2. The van der Waals surface area contributed by atoms with Gasteiger partial charge in [0.05, 0.1) is 11.4 Å². The molecule has 0 unspecified atom stereocenters. The molecule has 0 aliphatic heterocycles. The third kappa shape index (κ3) is 3.96. The molecule has 7 heteroatoms. The molecule has 0 fully saturated rings. The molecule has 0 saturated carbocycles. The molecule has 6 aromatic rings. The third-order valence-corrected chi connectivity index (χ3v) is 6.13. The quantitative estimate of drug-likeness (QED) is 0.328. The Morgan fingerprint density at radius 1 is 0.857 bits per heavy atom. The lowest BCUT2D eigenvalue weighted by molar-refractivity contribution is 0.402. The van der Waals surface area contributed by atoms with Crippen molar-refractivity contribution in [2.75, 3.05) is 14.1 Å². The molecule has 0 aliphatic rings. The molecule has 4 aromatic heterocycles. The number of pyridine rings is 2. The Balaban J connectivity index is 1.44. The Hall–Kier alpha value is -4.36. The van der Waals surface area contributed by atoms with Crippen molar-refractivity contribution < 1.29 is 4.39 Å². The summed E-state index contributed by atoms with van der Waals surface area (Å²) in [6.45, 7) is 0.818. The predicted octanol–water partition coefficient (Wildman–Crippen LogP) is 6.04. The van der Waals surface area contributed by atoms with Crippen LogP contribution < -0.4 is 0 Å². The van der Waals surface area contributed by atoms with Gasteiger partial charge in [0.2, 0.25) is 0 Å². The lowest BCUT2D eigenvalue weighted by atomic mass is 10.0. The molecule has 0 saturated heterocycles. The van der Waals surface area contributed by atoms with Crippen LogP contribution in [-0.4, -0.2) is 44.1 Å². The van der Waals surface area contributed by atoms with E-state index in [1.807, 2.05) is 50.9 Å². The summed E-state index contributed by atoms with van der Waals surface area (Å²) >= 11 is 0. The monoisotopic (exact) mass is 462 g/mol. The number of halogens is 1. The van der Waals surface area contributed by atoms with E-state index in [0.29, 0.717) is 5.65 Å². The number of fused-ring (bicyclic) bond motifs is 2. The van der Waals surface area contributed by atoms with E-state index < -0.39 is 0 Å². The molecule has 6 rings (SSSR count). The van der Waals surface area contributed by atoms with Gasteiger partial charge in [-0.3, -0.25) is 10.1 Å². The van der Waals surface area contributed by atoms with E-state index in [9.17, 15) is 4.39 Å². The summed E-state index contributed by atoms with van der Waals surface area (Å²) in [5, 5.41) is 9.57. The lowest BCUT2D eigenvalue weighted by Crippen LogP contribution is -2.10. The van der Waals surface area contributed by atoms with E-state index >= 15 is 0 Å². The highest BCUT2D eigenvalue weighted by atomic mass is 19.1. The summed E-state index contributed by atoms with van der Waals surface area (Å²) in [6.07, 6.45) is 5.59. The van der Waals surface area contributed by atoms with Gasteiger partial charge in [0.15, 0.2) is 5.65 Å². The fourth-order valence-corrected chi connectivity index (χ4v) is 4.53. The molecule has 172 valence electrons. The average Bonchev–Trinajstić information content (AvgIpc) is 3.48. The smallest absolute Gasteiger partial charge is 0.181 e. The summed E-state index contributed by atoms with van der Waals surface area (Å²) in [7, 11) is 4.08. The molecule has 2 N–H and O–H groups in total. The minimum absolute atomic E-state index is 0.245. The van der Waals surface area contributed by atoms with E-state index in [-0.39, 0.29) is 5.82 Å². The fourth-order valence-electron chi connectivity index (χ4n) is 4.53. The van der Waals surface area contributed by atoms with Crippen LogP contribution >= 0.6 is 0 Å². The number of benzene rings is 2. The van der Waals surface area contributed by atoms with E-state index in [4.69, 9.17) is 0 Å². The van der Waals surface area contributed by atoms with Gasteiger partial charge in [-0.25, -0.2) is 9.37 Å². The van der Waals surface area contributed by atoms with Gasteiger partial charge in [0.1, 0.15) is 5.82 Å². The van der Waals surface area contributed by atoms with E-state index in [1.165, 1.54) is 12.1 Å². The second kappa shape index (κ2) is 8.45.